The van der Waals surface area contributed by atoms with Crippen LogP contribution in [0.5, 0.6) is 0 Å². The highest BCUT2D eigenvalue weighted by Gasteiger charge is 2.25. The molecule has 1 aliphatic rings. The van der Waals surface area contributed by atoms with E-state index in [1.54, 1.807) is 11.0 Å². The summed E-state index contributed by atoms with van der Waals surface area (Å²) in [5, 5.41) is 1.18. The summed E-state index contributed by atoms with van der Waals surface area (Å²) in [6.07, 6.45) is 3.50. The second-order valence-corrected chi connectivity index (χ2v) is 14.1. The third-order valence-corrected chi connectivity index (χ3v) is 10.5. The lowest BCUT2D eigenvalue weighted by Gasteiger charge is -2.36. The molecule has 2 heterocycles. The number of likely N-dealkylation sites (N-methyl/N-ethyl adjacent to an activating group) is 1. The first-order valence-electron chi connectivity index (χ1n) is 18.8. The van der Waals surface area contributed by atoms with Gasteiger partial charge in [-0.1, -0.05) is 115 Å². The number of carbonyl (C=O) groups excluding carboxylic acids is 2. The Hall–Kier alpha value is -5.50. The van der Waals surface area contributed by atoms with Crippen LogP contribution in [0.25, 0.3) is 22.0 Å². The summed E-state index contributed by atoms with van der Waals surface area (Å²) in [5.41, 5.74) is 8.06. The van der Waals surface area contributed by atoms with Crippen molar-refractivity contribution < 1.29 is 9.59 Å². The minimum Gasteiger partial charge on any atom is -0.361 e. The van der Waals surface area contributed by atoms with Gasteiger partial charge in [-0.15, -0.1) is 0 Å². The minimum atomic E-state index is -0.138. The summed E-state index contributed by atoms with van der Waals surface area (Å²) >= 11 is 0. The van der Waals surface area contributed by atoms with Gasteiger partial charge >= 0.3 is 0 Å². The van der Waals surface area contributed by atoms with Crippen molar-refractivity contribution in [2.24, 2.45) is 0 Å². The quantitative estimate of drug-likeness (QED) is 0.127. The molecule has 0 radical (unpaired) electrons. The van der Waals surface area contributed by atoms with Gasteiger partial charge in [0.15, 0.2) is 0 Å². The average molecular weight is 704 g/mol. The van der Waals surface area contributed by atoms with Gasteiger partial charge in [0.25, 0.3) is 11.8 Å². The number of aromatic nitrogens is 1. The molecule has 6 aromatic rings. The van der Waals surface area contributed by atoms with Gasteiger partial charge in [0.1, 0.15) is 0 Å². The van der Waals surface area contributed by atoms with Gasteiger partial charge in [-0.2, -0.15) is 0 Å². The first kappa shape index (κ1) is 35.9. The number of hydrogen-bond acceptors (Lipinski definition) is 4. The molecule has 0 spiro atoms. The minimum absolute atomic E-state index is 0.0959. The number of nitrogens with zero attached hydrogens (tertiary/aromatic N) is 4. The van der Waals surface area contributed by atoms with Crippen LogP contribution in [-0.2, 0) is 19.4 Å². The Bertz CT molecular complexity index is 2090. The van der Waals surface area contributed by atoms with Crippen LogP contribution >= 0.6 is 0 Å². The normalized spacial score (nSPS) is 13.6. The molecule has 0 atom stereocenters. The average Bonchev–Trinajstić information content (AvgIpc) is 3.64. The molecular weight excluding hydrogens is 655 g/mol. The number of amides is 2. The Morgan fingerprint density at radius 2 is 1.19 bits per heavy atom. The van der Waals surface area contributed by atoms with Crippen LogP contribution in [0.2, 0.25) is 0 Å². The molecule has 270 valence electrons. The number of nitrogens with one attached hydrogen (secondary N) is 1. The molecule has 0 aliphatic carbocycles. The maximum absolute atomic E-state index is 14.5. The lowest BCUT2D eigenvalue weighted by atomic mass is 10.0. The zero-order valence-electron chi connectivity index (χ0n) is 30.7. The van der Waals surface area contributed by atoms with Crippen LogP contribution < -0.4 is 0 Å². The molecule has 1 aromatic heterocycles. The Kier molecular flexibility index (Phi) is 11.7. The number of H-pyrrole nitrogens is 1. The van der Waals surface area contributed by atoms with Crippen molar-refractivity contribution in [1.29, 1.82) is 0 Å². The van der Waals surface area contributed by atoms with Gasteiger partial charge < -0.3 is 14.8 Å². The van der Waals surface area contributed by atoms with E-state index in [1.165, 1.54) is 27.6 Å². The van der Waals surface area contributed by atoms with Crippen molar-refractivity contribution in [3.63, 3.8) is 0 Å². The molecule has 1 aliphatic heterocycles. The lowest BCUT2D eigenvalue weighted by molar-refractivity contribution is 0.0691. The van der Waals surface area contributed by atoms with E-state index in [4.69, 9.17) is 0 Å². The molecule has 1 N–H and O–H groups in total. The number of rotatable bonds is 14. The van der Waals surface area contributed by atoms with Crippen LogP contribution in [-0.4, -0.2) is 95.8 Å². The SMILES string of the molecule is CN(CCc1ccc(-c2ccccc2)cc1)C(=O)c1ccccc1C(=O)N(CCc1c[nH]c2ccccc12)CCN1CCN(Cc2ccccc2)CC1. The van der Waals surface area contributed by atoms with Gasteiger partial charge in [0.05, 0.1) is 11.1 Å². The highest BCUT2D eigenvalue weighted by atomic mass is 16.2. The zero-order chi connectivity index (χ0) is 36.4. The largest absolute Gasteiger partial charge is 0.361 e. The zero-order valence-corrected chi connectivity index (χ0v) is 30.7. The van der Waals surface area contributed by atoms with Gasteiger partial charge in [-0.05, 0) is 58.9 Å². The monoisotopic (exact) mass is 703 g/mol. The van der Waals surface area contributed by atoms with Crippen molar-refractivity contribution in [1.82, 2.24) is 24.6 Å². The molecule has 0 saturated carbocycles. The Morgan fingerprint density at radius 1 is 0.585 bits per heavy atom. The van der Waals surface area contributed by atoms with Crippen LogP contribution in [0.4, 0.5) is 0 Å². The van der Waals surface area contributed by atoms with Crippen LogP contribution in [0, 0.1) is 0 Å². The molecule has 5 aromatic carbocycles. The fourth-order valence-corrected chi connectivity index (χ4v) is 7.31. The van der Waals surface area contributed by atoms with Crippen LogP contribution in [0.3, 0.4) is 0 Å². The second-order valence-electron chi connectivity index (χ2n) is 14.1. The summed E-state index contributed by atoms with van der Waals surface area (Å²) in [7, 11) is 1.83. The maximum Gasteiger partial charge on any atom is 0.254 e. The van der Waals surface area contributed by atoms with E-state index in [1.807, 2.05) is 54.4 Å². The molecule has 2 amide bonds. The van der Waals surface area contributed by atoms with Crippen molar-refractivity contribution >= 4 is 22.7 Å². The van der Waals surface area contributed by atoms with Gasteiger partial charge in [0, 0.05) is 83.1 Å². The fourth-order valence-electron chi connectivity index (χ4n) is 7.31. The second kappa shape index (κ2) is 17.3. The highest BCUT2D eigenvalue weighted by Crippen LogP contribution is 2.22. The number of aromatic amines is 1. The molecular formula is C46H49N5O2. The number of hydrogen-bond donors (Lipinski definition) is 1. The Morgan fingerprint density at radius 3 is 1.92 bits per heavy atom. The molecule has 0 unspecified atom stereocenters. The first-order valence-corrected chi connectivity index (χ1v) is 18.8. The van der Waals surface area contributed by atoms with E-state index < -0.39 is 0 Å². The van der Waals surface area contributed by atoms with Crippen molar-refractivity contribution in [3.8, 4) is 11.1 Å². The third kappa shape index (κ3) is 9.12. The lowest BCUT2D eigenvalue weighted by Crippen LogP contribution is -2.49. The van der Waals surface area contributed by atoms with E-state index in [0.717, 1.165) is 63.2 Å². The Balaban J connectivity index is 1.01. The van der Waals surface area contributed by atoms with Crippen LogP contribution in [0.1, 0.15) is 37.4 Å². The van der Waals surface area contributed by atoms with Gasteiger partial charge in [-0.25, -0.2) is 0 Å². The predicted molar refractivity (Wildman–Crippen MR) is 215 cm³/mol. The Labute approximate surface area is 313 Å². The third-order valence-electron chi connectivity index (χ3n) is 10.5. The number of carbonyl (C=O) groups is 2. The summed E-state index contributed by atoms with van der Waals surface area (Å²) in [5.74, 6) is -0.234. The van der Waals surface area contributed by atoms with Gasteiger partial charge in [-0.3, -0.25) is 19.4 Å². The van der Waals surface area contributed by atoms with E-state index in [2.05, 4.69) is 106 Å². The topological polar surface area (TPSA) is 62.9 Å². The van der Waals surface area contributed by atoms with Crippen LogP contribution in [0.15, 0.2) is 140 Å². The standard InChI is InChI=1S/C46H49N5O2/c1-48(26-24-36-20-22-39(23-21-36)38-14-6-3-7-15-38)45(52)42-17-8-9-18-43(42)46(53)51(27-25-40-34-47-44-19-11-10-16-41(40)44)33-32-49-28-30-50(31-29-49)35-37-12-4-2-5-13-37/h2-23,34,47H,24-33,35H2,1H3. The molecule has 1 fully saturated rings. The fraction of sp³-hybridized carbons (Fsp3) is 0.261. The summed E-state index contributed by atoms with van der Waals surface area (Å²) in [6, 6.07) is 45.1. The summed E-state index contributed by atoms with van der Waals surface area (Å²) < 4.78 is 0. The van der Waals surface area contributed by atoms with E-state index in [9.17, 15) is 9.59 Å². The molecule has 0 bridgehead atoms. The van der Waals surface area contributed by atoms with E-state index >= 15 is 0 Å². The molecule has 7 nitrogen and oxygen atoms in total. The van der Waals surface area contributed by atoms with E-state index in [-0.39, 0.29) is 11.8 Å². The number of para-hydroxylation sites is 1. The summed E-state index contributed by atoms with van der Waals surface area (Å²) in [4.78, 5) is 40.5. The highest BCUT2D eigenvalue weighted by molar-refractivity contribution is 6.07. The van der Waals surface area contributed by atoms with E-state index in [0.29, 0.717) is 30.8 Å². The molecule has 7 rings (SSSR count). The maximum atomic E-state index is 14.5. The number of fused-ring (bicyclic) bond motifs is 1. The smallest absolute Gasteiger partial charge is 0.254 e. The van der Waals surface area contributed by atoms with Crippen molar-refractivity contribution in [2.75, 3.05) is 59.4 Å². The van der Waals surface area contributed by atoms with Crippen molar-refractivity contribution in [2.45, 2.75) is 19.4 Å². The van der Waals surface area contributed by atoms with Crippen molar-refractivity contribution in [3.05, 3.63) is 167 Å². The molecule has 53 heavy (non-hydrogen) atoms. The summed E-state index contributed by atoms with van der Waals surface area (Å²) in [6.45, 7) is 7.38. The molecule has 7 heteroatoms. The first-order chi connectivity index (χ1) is 26.0. The predicted octanol–water partition coefficient (Wildman–Crippen LogP) is 7.65. The number of piperazine rings is 1. The molecule has 1 saturated heterocycles. The van der Waals surface area contributed by atoms with Gasteiger partial charge in [0.2, 0.25) is 0 Å². The number of benzene rings is 5.